The fraction of sp³-hybridized carbons (Fsp3) is 0.562. The molecular formula is C16H22N2O2. The minimum atomic E-state index is -0.645. The van der Waals surface area contributed by atoms with Crippen molar-refractivity contribution in [2.45, 2.75) is 44.3 Å². The molecular weight excluding hydrogens is 252 g/mol. The van der Waals surface area contributed by atoms with E-state index in [-0.39, 0.29) is 0 Å². The van der Waals surface area contributed by atoms with Crippen LogP contribution in [-0.4, -0.2) is 29.4 Å². The molecule has 1 aromatic rings. The van der Waals surface area contributed by atoms with Crippen molar-refractivity contribution in [1.82, 2.24) is 0 Å². The predicted molar refractivity (Wildman–Crippen MR) is 78.5 cm³/mol. The number of anilines is 1. The van der Waals surface area contributed by atoms with Crippen LogP contribution in [0.5, 0.6) is 0 Å². The van der Waals surface area contributed by atoms with Crippen molar-refractivity contribution >= 4 is 5.69 Å². The first-order chi connectivity index (χ1) is 9.45. The van der Waals surface area contributed by atoms with Crippen LogP contribution in [-0.2, 0) is 0 Å². The summed E-state index contributed by atoms with van der Waals surface area (Å²) >= 11 is 0. The molecule has 0 heterocycles. The Hall–Kier alpha value is -1.57. The predicted octanol–water partition coefficient (Wildman–Crippen LogP) is 2.35. The lowest BCUT2D eigenvalue weighted by atomic mass is 9.99. The summed E-state index contributed by atoms with van der Waals surface area (Å²) in [7, 11) is 1.90. The SMILES string of the molecule is C[C@H](O)c1ccc(C#N)cc1N(C)CC1(O)CCCC1. The van der Waals surface area contributed by atoms with Crippen LogP contribution >= 0.6 is 0 Å². The smallest absolute Gasteiger partial charge is 0.0992 e. The van der Waals surface area contributed by atoms with E-state index in [0.29, 0.717) is 12.1 Å². The maximum atomic E-state index is 10.5. The summed E-state index contributed by atoms with van der Waals surface area (Å²) in [6, 6.07) is 7.40. The van der Waals surface area contributed by atoms with Crippen molar-refractivity contribution in [2.24, 2.45) is 0 Å². The maximum absolute atomic E-state index is 10.5. The molecule has 0 aromatic heterocycles. The Morgan fingerprint density at radius 1 is 1.40 bits per heavy atom. The van der Waals surface area contributed by atoms with Crippen LogP contribution in [0.4, 0.5) is 5.69 Å². The summed E-state index contributed by atoms with van der Waals surface area (Å²) in [6.45, 7) is 2.24. The van der Waals surface area contributed by atoms with Crippen molar-refractivity contribution in [3.63, 3.8) is 0 Å². The van der Waals surface area contributed by atoms with Crippen molar-refractivity contribution in [2.75, 3.05) is 18.5 Å². The molecule has 0 bridgehead atoms. The molecule has 1 aliphatic carbocycles. The third-order valence-electron chi connectivity index (χ3n) is 4.09. The number of nitriles is 1. The van der Waals surface area contributed by atoms with Crippen LogP contribution in [0.3, 0.4) is 0 Å². The summed E-state index contributed by atoms with van der Waals surface area (Å²) in [5.74, 6) is 0. The molecule has 1 aromatic carbocycles. The molecule has 4 heteroatoms. The maximum Gasteiger partial charge on any atom is 0.0992 e. The van der Waals surface area contributed by atoms with E-state index < -0.39 is 11.7 Å². The molecule has 1 fully saturated rings. The highest BCUT2D eigenvalue weighted by molar-refractivity contribution is 5.58. The van der Waals surface area contributed by atoms with E-state index in [4.69, 9.17) is 5.26 Å². The third-order valence-corrected chi connectivity index (χ3v) is 4.09. The fourth-order valence-electron chi connectivity index (χ4n) is 3.01. The normalized spacial score (nSPS) is 18.6. The summed E-state index contributed by atoms with van der Waals surface area (Å²) in [4.78, 5) is 1.95. The highest BCUT2D eigenvalue weighted by Gasteiger charge is 2.32. The van der Waals surface area contributed by atoms with Crippen LogP contribution < -0.4 is 4.90 Å². The molecule has 4 nitrogen and oxygen atoms in total. The van der Waals surface area contributed by atoms with E-state index in [1.165, 1.54) is 0 Å². The van der Waals surface area contributed by atoms with E-state index in [9.17, 15) is 10.2 Å². The summed E-state index contributed by atoms with van der Waals surface area (Å²) < 4.78 is 0. The van der Waals surface area contributed by atoms with E-state index >= 15 is 0 Å². The number of nitrogens with zero attached hydrogens (tertiary/aromatic N) is 2. The topological polar surface area (TPSA) is 67.5 Å². The monoisotopic (exact) mass is 274 g/mol. The van der Waals surface area contributed by atoms with Gasteiger partial charge in [0.05, 0.1) is 23.3 Å². The largest absolute Gasteiger partial charge is 0.389 e. The first-order valence-electron chi connectivity index (χ1n) is 7.11. The number of aliphatic hydroxyl groups excluding tert-OH is 1. The van der Waals surface area contributed by atoms with Gasteiger partial charge >= 0.3 is 0 Å². The number of rotatable bonds is 4. The van der Waals surface area contributed by atoms with E-state index in [0.717, 1.165) is 36.9 Å². The number of benzene rings is 1. The lowest BCUT2D eigenvalue weighted by Gasteiger charge is -2.31. The molecule has 20 heavy (non-hydrogen) atoms. The van der Waals surface area contributed by atoms with Gasteiger partial charge in [-0.3, -0.25) is 0 Å². The van der Waals surface area contributed by atoms with E-state index in [1.807, 2.05) is 11.9 Å². The zero-order chi connectivity index (χ0) is 14.8. The van der Waals surface area contributed by atoms with Crippen LogP contribution in [0, 0.1) is 11.3 Å². The molecule has 2 rings (SSSR count). The molecule has 1 atom stereocenters. The van der Waals surface area contributed by atoms with Gasteiger partial charge in [-0.15, -0.1) is 0 Å². The first kappa shape index (κ1) is 14.8. The third kappa shape index (κ3) is 3.12. The molecule has 108 valence electrons. The van der Waals surface area contributed by atoms with Crippen molar-refractivity contribution in [3.05, 3.63) is 29.3 Å². The van der Waals surface area contributed by atoms with Gasteiger partial charge in [-0.05, 0) is 31.9 Å². The van der Waals surface area contributed by atoms with Gasteiger partial charge in [0.15, 0.2) is 0 Å². The Bertz CT molecular complexity index is 514. The molecule has 0 radical (unpaired) electrons. The fourth-order valence-corrected chi connectivity index (χ4v) is 3.01. The van der Waals surface area contributed by atoms with Gasteiger partial charge < -0.3 is 15.1 Å². The van der Waals surface area contributed by atoms with Crippen molar-refractivity contribution < 1.29 is 10.2 Å². The van der Waals surface area contributed by atoms with Gasteiger partial charge in [-0.2, -0.15) is 5.26 Å². The first-order valence-corrected chi connectivity index (χ1v) is 7.11. The van der Waals surface area contributed by atoms with Gasteiger partial charge in [-0.25, -0.2) is 0 Å². The molecule has 2 N–H and O–H groups in total. The minimum absolute atomic E-state index is 0.529. The lowest BCUT2D eigenvalue weighted by molar-refractivity contribution is 0.0558. The van der Waals surface area contributed by atoms with Gasteiger partial charge in [-0.1, -0.05) is 18.9 Å². The Kier molecular flexibility index (Phi) is 4.32. The Labute approximate surface area is 120 Å². The molecule has 1 saturated carbocycles. The molecule has 0 amide bonds. The summed E-state index contributed by atoms with van der Waals surface area (Å²) in [5.41, 5.74) is 1.52. The van der Waals surface area contributed by atoms with Gasteiger partial charge in [0.25, 0.3) is 0 Å². The number of likely N-dealkylation sites (N-methyl/N-ethyl adjacent to an activating group) is 1. The quantitative estimate of drug-likeness (QED) is 0.884. The van der Waals surface area contributed by atoms with Crippen LogP contribution in [0.1, 0.15) is 49.8 Å². The van der Waals surface area contributed by atoms with Crippen LogP contribution in [0.15, 0.2) is 18.2 Å². The molecule has 0 unspecified atom stereocenters. The zero-order valence-corrected chi connectivity index (χ0v) is 12.1. The average molecular weight is 274 g/mol. The van der Waals surface area contributed by atoms with Crippen LogP contribution in [0.25, 0.3) is 0 Å². The second kappa shape index (κ2) is 5.82. The van der Waals surface area contributed by atoms with Gasteiger partial charge in [0, 0.05) is 24.8 Å². The second-order valence-corrected chi connectivity index (χ2v) is 5.85. The number of aliphatic hydroxyl groups is 2. The lowest BCUT2D eigenvalue weighted by Crippen LogP contribution is -2.39. The highest BCUT2D eigenvalue weighted by atomic mass is 16.3. The second-order valence-electron chi connectivity index (χ2n) is 5.85. The zero-order valence-electron chi connectivity index (χ0n) is 12.1. The highest BCUT2D eigenvalue weighted by Crippen LogP contribution is 2.33. The molecule has 0 spiro atoms. The molecule has 0 saturated heterocycles. The standard InChI is InChI=1S/C16H22N2O2/c1-12(19)14-6-5-13(10-17)9-15(14)18(2)11-16(20)7-3-4-8-16/h5-6,9,12,19-20H,3-4,7-8,11H2,1-2H3/t12-/m0/s1. The molecule has 1 aliphatic rings. The number of hydrogen-bond acceptors (Lipinski definition) is 4. The Balaban J connectivity index is 2.27. The van der Waals surface area contributed by atoms with E-state index in [2.05, 4.69) is 6.07 Å². The van der Waals surface area contributed by atoms with Crippen molar-refractivity contribution in [3.8, 4) is 6.07 Å². The minimum Gasteiger partial charge on any atom is -0.389 e. The summed E-state index contributed by atoms with van der Waals surface area (Å²) in [5, 5.41) is 29.4. The Morgan fingerprint density at radius 3 is 2.60 bits per heavy atom. The van der Waals surface area contributed by atoms with Crippen LogP contribution in [0.2, 0.25) is 0 Å². The van der Waals surface area contributed by atoms with E-state index in [1.54, 1.807) is 25.1 Å². The number of hydrogen-bond donors (Lipinski definition) is 2. The average Bonchev–Trinajstić information content (AvgIpc) is 2.84. The molecule has 0 aliphatic heterocycles. The summed E-state index contributed by atoms with van der Waals surface area (Å²) in [6.07, 6.45) is 3.16. The van der Waals surface area contributed by atoms with Gasteiger partial charge in [0.1, 0.15) is 0 Å². The van der Waals surface area contributed by atoms with Crippen molar-refractivity contribution in [1.29, 1.82) is 5.26 Å². The van der Waals surface area contributed by atoms with Gasteiger partial charge in [0.2, 0.25) is 0 Å². The Morgan fingerprint density at radius 2 is 2.05 bits per heavy atom.